The van der Waals surface area contributed by atoms with Gasteiger partial charge in [0, 0.05) is 29.7 Å². The van der Waals surface area contributed by atoms with Gasteiger partial charge in [0.1, 0.15) is 0 Å². The lowest BCUT2D eigenvalue weighted by molar-refractivity contribution is -0.126. The summed E-state index contributed by atoms with van der Waals surface area (Å²) in [7, 11) is 0.414. The first-order chi connectivity index (χ1) is 12.7. The fourth-order valence-electron chi connectivity index (χ4n) is 3.09. The molecule has 0 aliphatic carbocycles. The van der Waals surface area contributed by atoms with Crippen LogP contribution in [-0.4, -0.2) is 63.8 Å². The number of halogens is 2. The highest BCUT2D eigenvalue weighted by Crippen LogP contribution is 2.26. The first-order valence-electron chi connectivity index (χ1n) is 9.03. The Labute approximate surface area is 171 Å². The molecule has 152 valence electrons. The molecule has 1 heterocycles. The third-order valence-electron chi connectivity index (χ3n) is 4.58. The van der Waals surface area contributed by atoms with E-state index in [0.29, 0.717) is 41.5 Å². The fourth-order valence-corrected chi connectivity index (χ4v) is 5.28. The molecule has 1 saturated heterocycles. The van der Waals surface area contributed by atoms with Gasteiger partial charge in [0.15, 0.2) is 0 Å². The van der Waals surface area contributed by atoms with Crippen LogP contribution in [0.25, 0.3) is 0 Å². The minimum absolute atomic E-state index is 0.0711. The van der Waals surface area contributed by atoms with Crippen molar-refractivity contribution in [2.24, 2.45) is 5.92 Å². The van der Waals surface area contributed by atoms with E-state index in [1.165, 1.54) is 10.4 Å². The van der Waals surface area contributed by atoms with Crippen molar-refractivity contribution in [2.45, 2.75) is 25.0 Å². The van der Waals surface area contributed by atoms with Crippen LogP contribution in [0, 0.1) is 5.92 Å². The van der Waals surface area contributed by atoms with E-state index < -0.39 is 10.0 Å². The van der Waals surface area contributed by atoms with E-state index in [1.807, 2.05) is 14.1 Å². The topological polar surface area (TPSA) is 69.7 Å². The van der Waals surface area contributed by atoms with Gasteiger partial charge in [-0.25, -0.2) is 12.7 Å². The van der Waals surface area contributed by atoms with Gasteiger partial charge in [-0.15, -0.1) is 0 Å². The summed E-state index contributed by atoms with van der Waals surface area (Å²) >= 11 is 12.0. The highest BCUT2D eigenvalue weighted by molar-refractivity contribution is 7.88. The van der Waals surface area contributed by atoms with Crippen LogP contribution in [0.2, 0.25) is 10.0 Å². The number of sulfonamides is 1. The largest absolute Gasteiger partial charge is 0.356 e. The molecule has 2 rings (SSSR count). The molecule has 0 bridgehead atoms. The number of carbonyl (C=O) groups excluding carboxylic acids is 1. The molecule has 0 aromatic heterocycles. The maximum Gasteiger partial charge on any atom is 0.224 e. The molecule has 27 heavy (non-hydrogen) atoms. The molecule has 0 spiro atoms. The van der Waals surface area contributed by atoms with Gasteiger partial charge >= 0.3 is 0 Å². The number of benzene rings is 1. The Kier molecular flexibility index (Phi) is 8.37. The molecule has 1 aromatic rings. The molecule has 1 N–H and O–H groups in total. The Morgan fingerprint density at radius 1 is 1.33 bits per heavy atom. The first kappa shape index (κ1) is 22.4. The van der Waals surface area contributed by atoms with Crippen LogP contribution in [0.5, 0.6) is 0 Å². The van der Waals surface area contributed by atoms with Crippen molar-refractivity contribution in [1.29, 1.82) is 0 Å². The summed E-state index contributed by atoms with van der Waals surface area (Å²) in [4.78, 5) is 14.4. The maximum atomic E-state index is 12.8. The quantitative estimate of drug-likeness (QED) is 0.637. The van der Waals surface area contributed by atoms with Crippen LogP contribution in [-0.2, 0) is 20.6 Å². The number of nitrogens with zero attached hydrogens (tertiary/aromatic N) is 2. The van der Waals surface area contributed by atoms with Crippen molar-refractivity contribution >= 4 is 39.1 Å². The second-order valence-corrected chi connectivity index (χ2v) is 9.95. The number of piperidine rings is 1. The monoisotopic (exact) mass is 435 g/mol. The van der Waals surface area contributed by atoms with Gasteiger partial charge in [0.25, 0.3) is 0 Å². The molecule has 6 nitrogen and oxygen atoms in total. The van der Waals surface area contributed by atoms with E-state index >= 15 is 0 Å². The normalized spacial score (nSPS) is 18.6. The zero-order valence-electron chi connectivity index (χ0n) is 15.7. The summed E-state index contributed by atoms with van der Waals surface area (Å²) in [5.74, 6) is -0.577. The second-order valence-electron chi connectivity index (χ2n) is 7.14. The summed E-state index contributed by atoms with van der Waals surface area (Å²) in [5.41, 5.74) is 0.510. The molecule has 1 fully saturated rings. The molecule has 1 aromatic carbocycles. The predicted octanol–water partition coefficient (Wildman–Crippen LogP) is 2.60. The third kappa shape index (κ3) is 6.91. The van der Waals surface area contributed by atoms with E-state index in [9.17, 15) is 13.2 Å². The molecular weight excluding hydrogens is 409 g/mol. The van der Waals surface area contributed by atoms with Crippen LogP contribution in [0.1, 0.15) is 24.8 Å². The van der Waals surface area contributed by atoms with E-state index in [-0.39, 0.29) is 24.1 Å². The van der Waals surface area contributed by atoms with Gasteiger partial charge < -0.3 is 10.2 Å². The molecule has 1 aliphatic heterocycles. The van der Waals surface area contributed by atoms with Crippen LogP contribution in [0.4, 0.5) is 0 Å². The van der Waals surface area contributed by atoms with Crippen LogP contribution in [0.3, 0.4) is 0 Å². The number of hydrogen-bond donors (Lipinski definition) is 1. The van der Waals surface area contributed by atoms with Gasteiger partial charge in [-0.2, -0.15) is 0 Å². The average Bonchev–Trinajstić information content (AvgIpc) is 2.61. The summed E-state index contributed by atoms with van der Waals surface area (Å²) in [6, 6.07) is 4.79. The zero-order chi connectivity index (χ0) is 20.0. The third-order valence-corrected chi connectivity index (χ3v) is 6.96. The van der Waals surface area contributed by atoms with Crippen molar-refractivity contribution in [3.05, 3.63) is 33.8 Å². The lowest BCUT2D eigenvalue weighted by Crippen LogP contribution is -2.46. The van der Waals surface area contributed by atoms with E-state index in [2.05, 4.69) is 10.2 Å². The number of nitrogens with one attached hydrogen (secondary N) is 1. The number of carbonyl (C=O) groups is 1. The molecule has 1 aliphatic rings. The highest BCUT2D eigenvalue weighted by atomic mass is 35.5. The minimum atomic E-state index is -3.56. The number of amides is 1. The van der Waals surface area contributed by atoms with Crippen LogP contribution < -0.4 is 5.32 Å². The molecule has 0 radical (unpaired) electrons. The predicted molar refractivity (Wildman–Crippen MR) is 110 cm³/mol. The lowest BCUT2D eigenvalue weighted by Gasteiger charge is -2.31. The molecule has 9 heteroatoms. The number of hydrogen-bond acceptors (Lipinski definition) is 4. The molecule has 1 amide bonds. The van der Waals surface area contributed by atoms with Crippen molar-refractivity contribution in [3.63, 3.8) is 0 Å². The minimum Gasteiger partial charge on any atom is -0.356 e. The van der Waals surface area contributed by atoms with Gasteiger partial charge in [-0.1, -0.05) is 29.3 Å². The fraction of sp³-hybridized carbons (Fsp3) is 0.611. The number of rotatable bonds is 8. The Balaban J connectivity index is 1.94. The smallest absolute Gasteiger partial charge is 0.224 e. The Bertz CT molecular complexity index is 756. The van der Waals surface area contributed by atoms with Crippen LogP contribution >= 0.6 is 23.2 Å². The van der Waals surface area contributed by atoms with Gasteiger partial charge in [-0.05, 0) is 57.6 Å². The summed E-state index contributed by atoms with van der Waals surface area (Å²) in [6.45, 7) is 2.14. The van der Waals surface area contributed by atoms with E-state index in [0.717, 1.165) is 13.0 Å². The Hall–Kier alpha value is -0.860. The summed E-state index contributed by atoms with van der Waals surface area (Å²) in [6.07, 6.45) is 2.24. The molecule has 0 unspecified atom stereocenters. The summed E-state index contributed by atoms with van der Waals surface area (Å²) in [5, 5.41) is 3.72. The standard InChI is InChI=1S/C18H27Cl2N3O3S/c1-22(2)9-4-8-21-18(24)14-5-3-10-23(12-14)27(25,26)13-15-6-7-16(19)11-17(15)20/h6-7,11,14H,3-5,8-10,12-13H2,1-2H3,(H,21,24)/t14-/m0/s1. The van der Waals surface area contributed by atoms with Gasteiger partial charge in [-0.3, -0.25) is 4.79 Å². The van der Waals surface area contributed by atoms with E-state index in [4.69, 9.17) is 23.2 Å². The Morgan fingerprint density at radius 3 is 2.74 bits per heavy atom. The van der Waals surface area contributed by atoms with Gasteiger partial charge in [0.05, 0.1) is 11.7 Å². The maximum absolute atomic E-state index is 12.8. The molecule has 1 atom stereocenters. The SMILES string of the molecule is CN(C)CCCNC(=O)[C@H]1CCCN(S(=O)(=O)Cc2ccc(Cl)cc2Cl)C1. The zero-order valence-corrected chi connectivity index (χ0v) is 18.1. The average molecular weight is 436 g/mol. The Morgan fingerprint density at radius 2 is 2.07 bits per heavy atom. The summed E-state index contributed by atoms with van der Waals surface area (Å²) < 4.78 is 27.0. The first-order valence-corrected chi connectivity index (χ1v) is 11.4. The molecular formula is C18H27Cl2N3O3S. The van der Waals surface area contributed by atoms with Crippen LogP contribution in [0.15, 0.2) is 18.2 Å². The second kappa shape index (κ2) is 10.1. The van der Waals surface area contributed by atoms with Gasteiger partial charge in [0.2, 0.25) is 15.9 Å². The van der Waals surface area contributed by atoms with E-state index in [1.54, 1.807) is 12.1 Å². The molecule has 0 saturated carbocycles. The highest BCUT2D eigenvalue weighted by Gasteiger charge is 2.32. The van der Waals surface area contributed by atoms with Crippen molar-refractivity contribution < 1.29 is 13.2 Å². The lowest BCUT2D eigenvalue weighted by atomic mass is 9.99. The van der Waals surface area contributed by atoms with Crippen molar-refractivity contribution in [1.82, 2.24) is 14.5 Å². The van der Waals surface area contributed by atoms with Crippen molar-refractivity contribution in [2.75, 3.05) is 40.3 Å². The van der Waals surface area contributed by atoms with Crippen molar-refractivity contribution in [3.8, 4) is 0 Å².